The first-order valence-corrected chi connectivity index (χ1v) is 9.70. The Bertz CT molecular complexity index is 982. The zero-order valence-electron chi connectivity index (χ0n) is 18.8. The van der Waals surface area contributed by atoms with Crippen LogP contribution in [0.2, 0.25) is 0 Å². The van der Waals surface area contributed by atoms with Crippen molar-refractivity contribution >= 4 is 23.6 Å². The molecule has 6 heteroatoms. The summed E-state index contributed by atoms with van der Waals surface area (Å²) < 4.78 is 16.3. The maximum Gasteiger partial charge on any atom is 0.162 e. The molecule has 2 rings (SSSR count). The molecular weight excluding hydrogens is 378 g/mol. The van der Waals surface area contributed by atoms with Crippen molar-refractivity contribution in [3.63, 3.8) is 0 Å². The van der Waals surface area contributed by atoms with Crippen LogP contribution >= 0.6 is 0 Å². The summed E-state index contributed by atoms with van der Waals surface area (Å²) in [5, 5.41) is 3.19. The van der Waals surface area contributed by atoms with Gasteiger partial charge in [0, 0.05) is 42.0 Å². The van der Waals surface area contributed by atoms with E-state index in [0.717, 1.165) is 33.9 Å². The maximum atomic E-state index is 5.51. The van der Waals surface area contributed by atoms with Crippen LogP contribution in [-0.4, -0.2) is 39.1 Å². The summed E-state index contributed by atoms with van der Waals surface area (Å²) in [5.41, 5.74) is 5.62. The lowest BCUT2D eigenvalue weighted by molar-refractivity contribution is 0.300. The van der Waals surface area contributed by atoms with Gasteiger partial charge in [0.05, 0.1) is 21.3 Å². The van der Waals surface area contributed by atoms with E-state index in [2.05, 4.69) is 17.2 Å². The molecule has 1 aromatic heterocycles. The molecule has 0 radical (unpaired) electrons. The number of ether oxygens (including phenoxy) is 3. The molecule has 2 N–H and O–H groups in total. The molecule has 0 spiro atoms. The third kappa shape index (κ3) is 5.56. The van der Waals surface area contributed by atoms with Gasteiger partial charge in [0.25, 0.3) is 0 Å². The smallest absolute Gasteiger partial charge is 0.162 e. The lowest BCUT2D eigenvalue weighted by atomic mass is 10.1. The standard InChI is InChI=1S/C24H31N3O3/c1-8-22(28-5)21(14-19-16(2)11-12-26-19)27-17(3)9-10-18-13-23(29-6)24(30-7)15-20(18)25-4/h8-15,25-26H,1-7H3/b10-9+,21-14-,22-8+,27-17-. The fourth-order valence-electron chi connectivity index (χ4n) is 2.97. The van der Waals surface area contributed by atoms with Crippen molar-refractivity contribution in [2.75, 3.05) is 33.7 Å². The number of nitrogens with one attached hydrogen (secondary N) is 2. The number of hydrogen-bond donors (Lipinski definition) is 2. The van der Waals surface area contributed by atoms with Gasteiger partial charge >= 0.3 is 0 Å². The highest BCUT2D eigenvalue weighted by molar-refractivity contribution is 5.98. The van der Waals surface area contributed by atoms with Crippen molar-refractivity contribution in [2.24, 2.45) is 4.99 Å². The number of allylic oxidation sites excluding steroid dienone is 2. The van der Waals surface area contributed by atoms with E-state index < -0.39 is 0 Å². The Morgan fingerprint density at radius 3 is 2.37 bits per heavy atom. The molecule has 1 heterocycles. The Labute approximate surface area is 179 Å². The van der Waals surface area contributed by atoms with E-state index in [1.807, 2.05) is 69.6 Å². The highest BCUT2D eigenvalue weighted by Gasteiger charge is 2.09. The first kappa shape index (κ1) is 22.9. The topological polar surface area (TPSA) is 67.9 Å². The molecule has 2 aromatic rings. The second-order valence-electron chi connectivity index (χ2n) is 6.59. The number of rotatable bonds is 9. The zero-order chi connectivity index (χ0) is 22.1. The van der Waals surface area contributed by atoms with Crippen molar-refractivity contribution in [1.82, 2.24) is 4.98 Å². The van der Waals surface area contributed by atoms with Gasteiger partial charge < -0.3 is 24.5 Å². The fourth-order valence-corrected chi connectivity index (χ4v) is 2.97. The van der Waals surface area contributed by atoms with E-state index in [0.29, 0.717) is 17.3 Å². The van der Waals surface area contributed by atoms with Gasteiger partial charge in [-0.2, -0.15) is 0 Å². The molecule has 0 saturated carbocycles. The third-order valence-electron chi connectivity index (χ3n) is 4.64. The van der Waals surface area contributed by atoms with E-state index in [9.17, 15) is 0 Å². The molecule has 160 valence electrons. The first-order chi connectivity index (χ1) is 14.5. The summed E-state index contributed by atoms with van der Waals surface area (Å²) >= 11 is 0. The Kier molecular flexibility index (Phi) is 8.35. The summed E-state index contributed by atoms with van der Waals surface area (Å²) in [6.45, 7) is 5.93. The van der Waals surface area contributed by atoms with Crippen molar-refractivity contribution in [2.45, 2.75) is 20.8 Å². The molecule has 0 atom stereocenters. The molecule has 0 aliphatic rings. The Morgan fingerprint density at radius 1 is 1.13 bits per heavy atom. The van der Waals surface area contributed by atoms with Gasteiger partial charge in [-0.15, -0.1) is 0 Å². The zero-order valence-corrected chi connectivity index (χ0v) is 18.8. The fraction of sp³-hybridized carbons (Fsp3) is 0.292. The molecule has 0 fully saturated rings. The van der Waals surface area contributed by atoms with Crippen molar-refractivity contribution in [3.8, 4) is 11.5 Å². The molecule has 0 bridgehead atoms. The van der Waals surface area contributed by atoms with E-state index in [-0.39, 0.29) is 0 Å². The molecule has 6 nitrogen and oxygen atoms in total. The summed E-state index contributed by atoms with van der Waals surface area (Å²) in [5.74, 6) is 2.05. The predicted octanol–water partition coefficient (Wildman–Crippen LogP) is 5.45. The number of hydrogen-bond acceptors (Lipinski definition) is 5. The molecular formula is C24H31N3O3. The summed E-state index contributed by atoms with van der Waals surface area (Å²) in [4.78, 5) is 8.01. The van der Waals surface area contributed by atoms with Crippen LogP contribution in [0.1, 0.15) is 30.7 Å². The maximum absolute atomic E-state index is 5.51. The number of methoxy groups -OCH3 is 3. The second kappa shape index (κ2) is 11.0. The molecule has 30 heavy (non-hydrogen) atoms. The number of aromatic nitrogens is 1. The summed E-state index contributed by atoms with van der Waals surface area (Å²) in [6, 6.07) is 5.87. The van der Waals surface area contributed by atoms with E-state index in [4.69, 9.17) is 19.2 Å². The highest BCUT2D eigenvalue weighted by atomic mass is 16.5. The van der Waals surface area contributed by atoms with Gasteiger partial charge in [-0.3, -0.25) is 0 Å². The Balaban J connectivity index is 2.42. The van der Waals surface area contributed by atoms with Crippen LogP contribution in [0.15, 0.2) is 53.0 Å². The normalized spacial score (nSPS) is 13.0. The SMILES string of the molecule is C\C=C(OC)/C(=C/c1[nH]ccc1C)/N=C(C)\C=C\c1cc(OC)c(OC)cc1NC. The minimum absolute atomic E-state index is 0.670. The predicted molar refractivity (Wildman–Crippen MR) is 126 cm³/mol. The number of aromatic amines is 1. The average Bonchev–Trinajstić information content (AvgIpc) is 3.16. The largest absolute Gasteiger partial charge is 0.495 e. The minimum Gasteiger partial charge on any atom is -0.495 e. The molecule has 0 amide bonds. The molecule has 0 unspecified atom stereocenters. The van der Waals surface area contributed by atoms with Crippen LogP contribution < -0.4 is 14.8 Å². The van der Waals surface area contributed by atoms with Gasteiger partial charge in [-0.1, -0.05) is 6.08 Å². The van der Waals surface area contributed by atoms with Crippen LogP contribution in [0.5, 0.6) is 11.5 Å². The number of anilines is 1. The third-order valence-corrected chi connectivity index (χ3v) is 4.64. The van der Waals surface area contributed by atoms with Crippen LogP contribution in [0.25, 0.3) is 12.2 Å². The number of benzene rings is 1. The number of H-pyrrole nitrogens is 1. The van der Waals surface area contributed by atoms with Crippen LogP contribution in [-0.2, 0) is 4.74 Å². The van der Waals surface area contributed by atoms with Crippen LogP contribution in [0.4, 0.5) is 5.69 Å². The summed E-state index contributed by atoms with van der Waals surface area (Å²) in [7, 11) is 6.77. The molecule has 1 aromatic carbocycles. The number of aryl methyl sites for hydroxylation is 1. The first-order valence-electron chi connectivity index (χ1n) is 9.70. The average molecular weight is 410 g/mol. The van der Waals surface area contributed by atoms with E-state index in [1.165, 1.54) is 0 Å². The minimum atomic E-state index is 0.670. The van der Waals surface area contributed by atoms with E-state index >= 15 is 0 Å². The quantitative estimate of drug-likeness (QED) is 0.328. The number of aliphatic imine (C=N–C) groups is 1. The van der Waals surface area contributed by atoms with Gasteiger partial charge in [-0.05, 0) is 56.7 Å². The van der Waals surface area contributed by atoms with E-state index in [1.54, 1.807) is 21.3 Å². The van der Waals surface area contributed by atoms with Gasteiger partial charge in [0.2, 0.25) is 0 Å². The summed E-state index contributed by atoms with van der Waals surface area (Å²) in [6.07, 6.45) is 9.75. The molecule has 0 saturated heterocycles. The molecule has 0 aliphatic carbocycles. The van der Waals surface area contributed by atoms with Gasteiger partial charge in [0.15, 0.2) is 11.5 Å². The lowest BCUT2D eigenvalue weighted by Crippen LogP contribution is -1.97. The van der Waals surface area contributed by atoms with Crippen LogP contribution in [0.3, 0.4) is 0 Å². The second-order valence-corrected chi connectivity index (χ2v) is 6.59. The number of nitrogens with zero attached hydrogens (tertiary/aromatic N) is 1. The Hall–Kier alpha value is -3.41. The van der Waals surface area contributed by atoms with Crippen molar-refractivity contribution < 1.29 is 14.2 Å². The van der Waals surface area contributed by atoms with Gasteiger partial charge in [0.1, 0.15) is 11.5 Å². The lowest BCUT2D eigenvalue weighted by Gasteiger charge is -2.12. The Morgan fingerprint density at radius 2 is 1.83 bits per heavy atom. The monoisotopic (exact) mass is 409 g/mol. The van der Waals surface area contributed by atoms with Crippen molar-refractivity contribution in [3.05, 3.63) is 64.8 Å². The van der Waals surface area contributed by atoms with Gasteiger partial charge in [-0.25, -0.2) is 4.99 Å². The van der Waals surface area contributed by atoms with Crippen molar-refractivity contribution in [1.29, 1.82) is 0 Å². The van der Waals surface area contributed by atoms with Crippen LogP contribution in [0, 0.1) is 6.92 Å². The highest BCUT2D eigenvalue weighted by Crippen LogP contribution is 2.33. The molecule has 0 aliphatic heterocycles.